The maximum absolute atomic E-state index is 13.1. The topological polar surface area (TPSA) is 57.7 Å². The number of imide groups is 1. The molecule has 1 heterocycles. The summed E-state index contributed by atoms with van der Waals surface area (Å²) in [6.07, 6.45) is 1.74. The number of anilines is 1. The predicted octanol–water partition coefficient (Wildman–Crippen LogP) is 3.95. The number of carbonyl (C=O) groups excluding carboxylic acids is 3. The van der Waals surface area contributed by atoms with Gasteiger partial charge in [-0.25, -0.2) is 4.90 Å². The summed E-state index contributed by atoms with van der Waals surface area (Å²) in [6.45, 7) is 2.35. The minimum absolute atomic E-state index is 0.0269. The van der Waals surface area contributed by atoms with Crippen LogP contribution in [0.3, 0.4) is 0 Å². The van der Waals surface area contributed by atoms with Gasteiger partial charge in [-0.1, -0.05) is 53.2 Å². The molecule has 1 aliphatic rings. The molecule has 1 aliphatic heterocycles. The van der Waals surface area contributed by atoms with E-state index in [1.807, 2.05) is 37.3 Å². The van der Waals surface area contributed by atoms with Crippen LogP contribution in [-0.2, 0) is 20.8 Å². The molecule has 0 radical (unpaired) electrons. The van der Waals surface area contributed by atoms with Crippen molar-refractivity contribution in [2.24, 2.45) is 0 Å². The lowest BCUT2D eigenvalue weighted by atomic mass is 10.1. The predicted molar refractivity (Wildman–Crippen MR) is 112 cm³/mol. The van der Waals surface area contributed by atoms with Crippen molar-refractivity contribution in [1.29, 1.82) is 0 Å². The van der Waals surface area contributed by atoms with Gasteiger partial charge in [-0.3, -0.25) is 14.4 Å². The largest absolute Gasteiger partial charge is 0.330 e. The van der Waals surface area contributed by atoms with Crippen molar-refractivity contribution in [3.8, 4) is 0 Å². The summed E-state index contributed by atoms with van der Waals surface area (Å²) in [5.74, 6) is -0.682. The van der Waals surface area contributed by atoms with Gasteiger partial charge in [0.25, 0.3) is 5.91 Å². The van der Waals surface area contributed by atoms with Gasteiger partial charge in [0, 0.05) is 17.4 Å². The van der Waals surface area contributed by atoms with Crippen LogP contribution < -0.4 is 4.90 Å². The van der Waals surface area contributed by atoms with Gasteiger partial charge in [-0.05, 0) is 42.7 Å². The fourth-order valence-corrected chi connectivity index (χ4v) is 3.69. The fraction of sp³-hybridized carbons (Fsp3) is 0.318. The summed E-state index contributed by atoms with van der Waals surface area (Å²) in [5.41, 5.74) is 1.63. The van der Waals surface area contributed by atoms with E-state index in [9.17, 15) is 14.4 Å². The molecule has 3 rings (SSSR count). The van der Waals surface area contributed by atoms with Gasteiger partial charge in [-0.2, -0.15) is 0 Å². The Balaban J connectivity index is 1.81. The zero-order chi connectivity index (χ0) is 20.1. The quantitative estimate of drug-likeness (QED) is 0.609. The van der Waals surface area contributed by atoms with Crippen LogP contribution in [0.4, 0.5) is 5.69 Å². The van der Waals surface area contributed by atoms with E-state index in [0.29, 0.717) is 31.5 Å². The first-order chi connectivity index (χ1) is 13.5. The molecule has 2 aromatic rings. The zero-order valence-electron chi connectivity index (χ0n) is 15.8. The van der Waals surface area contributed by atoms with Gasteiger partial charge in [0.1, 0.15) is 6.04 Å². The second kappa shape index (κ2) is 9.15. The molecule has 0 aliphatic carbocycles. The average molecular weight is 443 g/mol. The van der Waals surface area contributed by atoms with Crippen LogP contribution in [0.1, 0.15) is 31.7 Å². The first-order valence-electron chi connectivity index (χ1n) is 9.47. The Hall–Kier alpha value is -2.47. The Kier molecular flexibility index (Phi) is 6.62. The minimum atomic E-state index is -0.737. The SMILES string of the molecule is CCCC(=O)N(CCc1ccccc1)C1CC(=O)N(c2ccc(Br)cc2)C1=O. The molecular weight excluding hydrogens is 420 g/mol. The van der Waals surface area contributed by atoms with Crippen LogP contribution in [0.15, 0.2) is 59.1 Å². The fourth-order valence-electron chi connectivity index (χ4n) is 3.43. The molecule has 0 spiro atoms. The van der Waals surface area contributed by atoms with Crippen LogP contribution in [0.5, 0.6) is 0 Å². The summed E-state index contributed by atoms with van der Waals surface area (Å²) in [4.78, 5) is 41.2. The van der Waals surface area contributed by atoms with Gasteiger partial charge in [0.05, 0.1) is 12.1 Å². The Bertz CT molecular complexity index is 852. The molecule has 146 valence electrons. The number of rotatable bonds is 7. The van der Waals surface area contributed by atoms with Gasteiger partial charge in [0.15, 0.2) is 0 Å². The molecule has 0 bridgehead atoms. The summed E-state index contributed by atoms with van der Waals surface area (Å²) in [6, 6.07) is 16.1. The summed E-state index contributed by atoms with van der Waals surface area (Å²) < 4.78 is 0.870. The second-order valence-corrected chi connectivity index (χ2v) is 7.75. The van der Waals surface area contributed by atoms with Crippen molar-refractivity contribution >= 4 is 39.3 Å². The highest BCUT2D eigenvalue weighted by Gasteiger charge is 2.43. The molecule has 5 nitrogen and oxygen atoms in total. The average Bonchev–Trinajstić information content (AvgIpc) is 2.98. The van der Waals surface area contributed by atoms with Crippen molar-refractivity contribution < 1.29 is 14.4 Å². The third-order valence-electron chi connectivity index (χ3n) is 4.85. The number of benzene rings is 2. The van der Waals surface area contributed by atoms with E-state index in [1.165, 1.54) is 4.90 Å². The number of nitrogens with zero attached hydrogens (tertiary/aromatic N) is 2. The van der Waals surface area contributed by atoms with Crippen LogP contribution in [-0.4, -0.2) is 35.2 Å². The zero-order valence-corrected chi connectivity index (χ0v) is 17.4. The highest BCUT2D eigenvalue weighted by molar-refractivity contribution is 9.10. The van der Waals surface area contributed by atoms with Crippen molar-refractivity contribution in [2.75, 3.05) is 11.4 Å². The summed E-state index contributed by atoms with van der Waals surface area (Å²) >= 11 is 3.36. The third kappa shape index (κ3) is 4.50. The number of amides is 3. The van der Waals surface area contributed by atoms with Gasteiger partial charge >= 0.3 is 0 Å². The number of carbonyl (C=O) groups is 3. The van der Waals surface area contributed by atoms with Crippen LogP contribution in [0.2, 0.25) is 0 Å². The molecule has 2 aromatic carbocycles. The maximum Gasteiger partial charge on any atom is 0.257 e. The summed E-state index contributed by atoms with van der Waals surface area (Å²) in [5, 5.41) is 0. The lowest BCUT2D eigenvalue weighted by molar-refractivity contribution is -0.138. The molecule has 28 heavy (non-hydrogen) atoms. The van der Waals surface area contributed by atoms with E-state index >= 15 is 0 Å². The first kappa shape index (κ1) is 20.3. The minimum Gasteiger partial charge on any atom is -0.330 e. The molecule has 6 heteroatoms. The van der Waals surface area contributed by atoms with Crippen molar-refractivity contribution in [2.45, 2.75) is 38.6 Å². The van der Waals surface area contributed by atoms with Gasteiger partial charge in [-0.15, -0.1) is 0 Å². The van der Waals surface area contributed by atoms with E-state index in [-0.39, 0.29) is 24.1 Å². The summed E-state index contributed by atoms with van der Waals surface area (Å²) in [7, 11) is 0. The van der Waals surface area contributed by atoms with E-state index in [2.05, 4.69) is 15.9 Å². The molecule has 1 atom stereocenters. The second-order valence-electron chi connectivity index (χ2n) is 6.84. The molecular formula is C22H23BrN2O3. The normalized spacial score (nSPS) is 16.5. The molecule has 1 unspecified atom stereocenters. The standard InChI is InChI=1S/C22H23BrN2O3/c1-2-6-20(26)24(14-13-16-7-4-3-5-8-16)19-15-21(27)25(22(19)28)18-11-9-17(23)10-12-18/h3-5,7-12,19H,2,6,13-15H2,1H3. The number of hydrogen-bond donors (Lipinski definition) is 0. The van der Waals surface area contributed by atoms with Crippen LogP contribution in [0.25, 0.3) is 0 Å². The maximum atomic E-state index is 13.1. The Morgan fingerprint density at radius 2 is 1.79 bits per heavy atom. The van der Waals surface area contributed by atoms with E-state index in [0.717, 1.165) is 10.0 Å². The first-order valence-corrected chi connectivity index (χ1v) is 10.3. The molecule has 1 fully saturated rings. The third-order valence-corrected chi connectivity index (χ3v) is 5.38. The Morgan fingerprint density at radius 3 is 2.43 bits per heavy atom. The monoisotopic (exact) mass is 442 g/mol. The van der Waals surface area contributed by atoms with Gasteiger partial charge in [0.2, 0.25) is 11.8 Å². The van der Waals surface area contributed by atoms with E-state index in [1.54, 1.807) is 29.2 Å². The molecule has 0 aromatic heterocycles. The van der Waals surface area contributed by atoms with E-state index < -0.39 is 6.04 Å². The molecule has 3 amide bonds. The lowest BCUT2D eigenvalue weighted by Gasteiger charge is -2.28. The highest BCUT2D eigenvalue weighted by atomic mass is 79.9. The molecule has 1 saturated heterocycles. The van der Waals surface area contributed by atoms with Crippen molar-refractivity contribution in [3.63, 3.8) is 0 Å². The van der Waals surface area contributed by atoms with E-state index in [4.69, 9.17) is 0 Å². The number of hydrogen-bond acceptors (Lipinski definition) is 3. The Morgan fingerprint density at radius 1 is 1.11 bits per heavy atom. The number of halogens is 1. The highest BCUT2D eigenvalue weighted by Crippen LogP contribution is 2.27. The smallest absolute Gasteiger partial charge is 0.257 e. The Labute approximate surface area is 173 Å². The molecule has 0 N–H and O–H groups in total. The lowest BCUT2D eigenvalue weighted by Crippen LogP contribution is -2.46. The van der Waals surface area contributed by atoms with Crippen molar-refractivity contribution in [3.05, 3.63) is 64.6 Å². The van der Waals surface area contributed by atoms with Crippen LogP contribution in [0, 0.1) is 0 Å². The molecule has 0 saturated carbocycles. The van der Waals surface area contributed by atoms with Gasteiger partial charge < -0.3 is 4.90 Å². The van der Waals surface area contributed by atoms with Crippen molar-refractivity contribution in [1.82, 2.24) is 4.90 Å². The van der Waals surface area contributed by atoms with Crippen LogP contribution >= 0.6 is 15.9 Å².